The van der Waals surface area contributed by atoms with Crippen molar-refractivity contribution in [2.24, 2.45) is 0 Å². The molecule has 0 N–H and O–H groups in total. The number of amides is 1. The van der Waals surface area contributed by atoms with E-state index < -0.39 is 5.60 Å². The number of nitrogens with zero attached hydrogens (tertiary/aromatic N) is 1. The van der Waals surface area contributed by atoms with Crippen LogP contribution >= 0.6 is 0 Å². The molecular formula is C15H19NO3. The minimum absolute atomic E-state index is 0.00108. The van der Waals surface area contributed by atoms with Crippen LogP contribution in [0.2, 0.25) is 0 Å². The number of anilines is 1. The van der Waals surface area contributed by atoms with E-state index in [0.717, 1.165) is 17.7 Å². The van der Waals surface area contributed by atoms with Gasteiger partial charge in [0.2, 0.25) is 0 Å². The Kier molecular flexibility index (Phi) is 3.35. The summed E-state index contributed by atoms with van der Waals surface area (Å²) >= 11 is 0. The van der Waals surface area contributed by atoms with Gasteiger partial charge >= 0.3 is 6.09 Å². The smallest absolute Gasteiger partial charge is 0.414 e. The number of hydrogen-bond acceptors (Lipinski definition) is 3. The average molecular weight is 261 g/mol. The highest BCUT2D eigenvalue weighted by atomic mass is 16.6. The first kappa shape index (κ1) is 13.6. The zero-order chi connectivity index (χ0) is 14.2. The standard InChI is InChI=1S/C15H19NO3/c1-10(17)12-6-5-11-7-8-16(13(11)9-12)14(18)19-15(2,3)4/h5-6,9H,7-8H2,1-4H3. The Bertz CT molecular complexity index is 529. The first-order valence-electron chi connectivity index (χ1n) is 6.42. The maximum absolute atomic E-state index is 12.1. The van der Waals surface area contributed by atoms with Gasteiger partial charge in [-0.05, 0) is 45.7 Å². The van der Waals surface area contributed by atoms with E-state index in [0.29, 0.717) is 12.1 Å². The molecule has 0 aromatic heterocycles. The second-order valence-corrected chi connectivity index (χ2v) is 5.78. The molecule has 19 heavy (non-hydrogen) atoms. The Labute approximate surface area is 113 Å². The molecule has 102 valence electrons. The second kappa shape index (κ2) is 4.68. The molecule has 4 heteroatoms. The first-order valence-corrected chi connectivity index (χ1v) is 6.42. The topological polar surface area (TPSA) is 46.6 Å². The van der Waals surface area contributed by atoms with E-state index in [4.69, 9.17) is 4.74 Å². The molecule has 0 fully saturated rings. The van der Waals surface area contributed by atoms with Crippen LogP contribution in [0.5, 0.6) is 0 Å². The van der Waals surface area contributed by atoms with Crippen molar-refractivity contribution in [2.75, 3.05) is 11.4 Å². The molecule has 1 aromatic carbocycles. The molecule has 4 nitrogen and oxygen atoms in total. The van der Waals surface area contributed by atoms with Crippen LogP contribution < -0.4 is 4.90 Å². The van der Waals surface area contributed by atoms with Crippen LogP contribution in [0.15, 0.2) is 18.2 Å². The van der Waals surface area contributed by atoms with Crippen molar-refractivity contribution in [1.29, 1.82) is 0 Å². The van der Waals surface area contributed by atoms with Crippen molar-refractivity contribution in [3.63, 3.8) is 0 Å². The largest absolute Gasteiger partial charge is 0.443 e. The lowest BCUT2D eigenvalue weighted by Crippen LogP contribution is -2.35. The third-order valence-electron chi connectivity index (χ3n) is 3.00. The highest BCUT2D eigenvalue weighted by Crippen LogP contribution is 2.30. The van der Waals surface area contributed by atoms with E-state index in [2.05, 4.69) is 0 Å². The monoisotopic (exact) mass is 261 g/mol. The molecule has 1 amide bonds. The predicted octanol–water partition coefficient (Wildman–Crippen LogP) is 3.19. The molecule has 0 bridgehead atoms. The summed E-state index contributed by atoms with van der Waals surface area (Å²) < 4.78 is 5.38. The molecule has 0 radical (unpaired) electrons. The van der Waals surface area contributed by atoms with Crippen molar-refractivity contribution < 1.29 is 14.3 Å². The number of carbonyl (C=O) groups is 2. The molecule has 1 aliphatic rings. The normalized spacial score (nSPS) is 14.2. The van der Waals surface area contributed by atoms with Crippen LogP contribution in [-0.4, -0.2) is 24.0 Å². The molecule has 0 spiro atoms. The zero-order valence-corrected chi connectivity index (χ0v) is 11.8. The van der Waals surface area contributed by atoms with E-state index in [9.17, 15) is 9.59 Å². The predicted molar refractivity (Wildman–Crippen MR) is 73.7 cm³/mol. The Hall–Kier alpha value is -1.84. The van der Waals surface area contributed by atoms with Crippen molar-refractivity contribution in [2.45, 2.75) is 39.7 Å². The van der Waals surface area contributed by atoms with Gasteiger partial charge in [-0.2, -0.15) is 0 Å². The Morgan fingerprint density at radius 2 is 1.95 bits per heavy atom. The Morgan fingerprint density at radius 3 is 2.53 bits per heavy atom. The average Bonchev–Trinajstić information content (AvgIpc) is 2.68. The number of Topliss-reactive ketones (excluding diaryl/α,β-unsaturated/α-hetero) is 1. The minimum Gasteiger partial charge on any atom is -0.443 e. The molecule has 1 aliphatic heterocycles. The van der Waals surface area contributed by atoms with E-state index in [1.807, 2.05) is 26.8 Å². The lowest BCUT2D eigenvalue weighted by Gasteiger charge is -2.24. The maximum Gasteiger partial charge on any atom is 0.414 e. The molecule has 0 atom stereocenters. The third-order valence-corrected chi connectivity index (χ3v) is 3.00. The summed E-state index contributed by atoms with van der Waals surface area (Å²) in [6, 6.07) is 5.49. The van der Waals surface area contributed by atoms with Crippen molar-refractivity contribution in [3.05, 3.63) is 29.3 Å². The fraction of sp³-hybridized carbons (Fsp3) is 0.467. The summed E-state index contributed by atoms with van der Waals surface area (Å²) in [4.78, 5) is 25.1. The van der Waals surface area contributed by atoms with Crippen LogP contribution in [0.25, 0.3) is 0 Å². The number of hydrogen-bond donors (Lipinski definition) is 0. The Morgan fingerprint density at radius 1 is 1.26 bits per heavy atom. The molecule has 1 heterocycles. The molecule has 1 aromatic rings. The van der Waals surface area contributed by atoms with Gasteiger partial charge in [0.1, 0.15) is 5.60 Å². The van der Waals surface area contributed by atoms with E-state index >= 15 is 0 Å². The summed E-state index contributed by atoms with van der Waals surface area (Å²) in [6.07, 6.45) is 0.444. The lowest BCUT2D eigenvalue weighted by atomic mass is 10.1. The van der Waals surface area contributed by atoms with Crippen LogP contribution in [0.4, 0.5) is 10.5 Å². The summed E-state index contributed by atoms with van der Waals surface area (Å²) in [5, 5.41) is 0. The molecule has 0 saturated heterocycles. The fourth-order valence-electron chi connectivity index (χ4n) is 2.10. The fourth-order valence-corrected chi connectivity index (χ4v) is 2.10. The minimum atomic E-state index is -0.516. The quantitative estimate of drug-likeness (QED) is 0.729. The van der Waals surface area contributed by atoms with Crippen LogP contribution in [-0.2, 0) is 11.2 Å². The Balaban J connectivity index is 2.28. The molecule has 0 saturated carbocycles. The lowest BCUT2D eigenvalue weighted by molar-refractivity contribution is 0.0583. The number of ether oxygens (including phenoxy) is 1. The summed E-state index contributed by atoms with van der Waals surface area (Å²) in [5.41, 5.74) is 1.98. The molecule has 0 unspecified atom stereocenters. The van der Waals surface area contributed by atoms with Crippen molar-refractivity contribution in [3.8, 4) is 0 Å². The summed E-state index contributed by atoms with van der Waals surface area (Å²) in [6.45, 7) is 7.65. The number of ketones is 1. The highest BCUT2D eigenvalue weighted by molar-refractivity contribution is 5.97. The van der Waals surface area contributed by atoms with Crippen molar-refractivity contribution >= 4 is 17.6 Å². The third kappa shape index (κ3) is 2.95. The van der Waals surface area contributed by atoms with Gasteiger partial charge in [-0.15, -0.1) is 0 Å². The van der Waals surface area contributed by atoms with Gasteiger partial charge in [0.05, 0.1) is 5.69 Å². The van der Waals surface area contributed by atoms with Gasteiger partial charge in [0.25, 0.3) is 0 Å². The van der Waals surface area contributed by atoms with Gasteiger partial charge in [-0.25, -0.2) is 4.79 Å². The number of benzene rings is 1. The molecular weight excluding hydrogens is 242 g/mol. The van der Waals surface area contributed by atoms with Gasteiger partial charge in [-0.3, -0.25) is 9.69 Å². The van der Waals surface area contributed by atoms with Gasteiger partial charge in [0, 0.05) is 12.1 Å². The van der Waals surface area contributed by atoms with Gasteiger partial charge in [-0.1, -0.05) is 12.1 Å². The molecule has 2 rings (SSSR count). The van der Waals surface area contributed by atoms with E-state index in [-0.39, 0.29) is 11.9 Å². The summed E-state index contributed by atoms with van der Waals surface area (Å²) in [5.74, 6) is -0.00108. The second-order valence-electron chi connectivity index (χ2n) is 5.78. The van der Waals surface area contributed by atoms with Gasteiger partial charge < -0.3 is 4.74 Å². The first-order chi connectivity index (χ1) is 8.78. The maximum atomic E-state index is 12.1. The number of carbonyl (C=O) groups excluding carboxylic acids is 2. The number of fused-ring (bicyclic) bond motifs is 1. The van der Waals surface area contributed by atoms with Crippen LogP contribution in [0, 0.1) is 0 Å². The van der Waals surface area contributed by atoms with E-state index in [1.54, 1.807) is 17.0 Å². The van der Waals surface area contributed by atoms with Crippen LogP contribution in [0.3, 0.4) is 0 Å². The molecule has 0 aliphatic carbocycles. The number of rotatable bonds is 1. The van der Waals surface area contributed by atoms with E-state index in [1.165, 1.54) is 6.92 Å². The SMILES string of the molecule is CC(=O)c1ccc2c(c1)N(C(=O)OC(C)(C)C)CC2. The highest BCUT2D eigenvalue weighted by Gasteiger charge is 2.29. The van der Waals surface area contributed by atoms with Crippen molar-refractivity contribution in [1.82, 2.24) is 0 Å². The zero-order valence-electron chi connectivity index (χ0n) is 11.8. The van der Waals surface area contributed by atoms with Crippen LogP contribution in [0.1, 0.15) is 43.6 Å². The summed E-state index contributed by atoms with van der Waals surface area (Å²) in [7, 11) is 0. The van der Waals surface area contributed by atoms with Gasteiger partial charge in [0.15, 0.2) is 5.78 Å².